The van der Waals surface area contributed by atoms with Gasteiger partial charge in [-0.05, 0) is 37.1 Å². The van der Waals surface area contributed by atoms with Crippen LogP contribution in [0, 0.1) is 11.8 Å². The normalized spacial score (nSPS) is 15.8. The van der Waals surface area contributed by atoms with E-state index in [9.17, 15) is 4.79 Å². The van der Waals surface area contributed by atoms with Gasteiger partial charge in [0.2, 0.25) is 5.91 Å². The molecule has 0 aromatic heterocycles. The van der Waals surface area contributed by atoms with Crippen LogP contribution in [-0.4, -0.2) is 18.7 Å². The smallest absolute Gasteiger partial charge is 0.230 e. The molecule has 128 valence electrons. The number of rotatable bonds is 7. The van der Waals surface area contributed by atoms with Gasteiger partial charge in [-0.3, -0.25) is 4.79 Å². The van der Waals surface area contributed by atoms with Crippen molar-refractivity contribution in [2.75, 3.05) is 17.7 Å². The van der Waals surface area contributed by atoms with Gasteiger partial charge in [-0.25, -0.2) is 0 Å². The number of amides is 1. The molecule has 0 aliphatic heterocycles. The van der Waals surface area contributed by atoms with Crippen LogP contribution in [0.4, 0.5) is 5.69 Å². The Hall–Kier alpha value is -0.960. The molecule has 1 aliphatic rings. The Morgan fingerprint density at radius 2 is 1.83 bits per heavy atom. The number of thioether (sulfide) groups is 1. The standard InChI is InChI=1S/C20H31NOS/c1-4-16(5-2)15-21(18-13-9-10-14-19(18)23-3)20(22)17-11-7-6-8-12-17/h9-10,13-14,16-17H,4-8,11-12,15H2,1-3H3. The van der Waals surface area contributed by atoms with Crippen LogP contribution in [0.2, 0.25) is 0 Å². The summed E-state index contributed by atoms with van der Waals surface area (Å²) in [5.41, 5.74) is 1.11. The van der Waals surface area contributed by atoms with Crippen molar-refractivity contribution in [2.45, 2.75) is 63.7 Å². The second kappa shape index (κ2) is 9.36. The highest BCUT2D eigenvalue weighted by molar-refractivity contribution is 7.98. The molecule has 2 nitrogen and oxygen atoms in total. The van der Waals surface area contributed by atoms with Crippen molar-refractivity contribution in [2.24, 2.45) is 11.8 Å². The molecule has 1 aromatic rings. The number of anilines is 1. The Morgan fingerprint density at radius 3 is 2.43 bits per heavy atom. The molecule has 0 saturated heterocycles. The molecule has 1 amide bonds. The average molecular weight is 334 g/mol. The zero-order chi connectivity index (χ0) is 16.7. The van der Waals surface area contributed by atoms with Crippen LogP contribution >= 0.6 is 11.8 Å². The summed E-state index contributed by atoms with van der Waals surface area (Å²) in [4.78, 5) is 16.6. The quantitative estimate of drug-likeness (QED) is 0.591. The molecule has 23 heavy (non-hydrogen) atoms. The van der Waals surface area contributed by atoms with Gasteiger partial charge >= 0.3 is 0 Å². The van der Waals surface area contributed by atoms with Gasteiger partial charge in [0.1, 0.15) is 0 Å². The Labute approximate surface area is 146 Å². The van der Waals surface area contributed by atoms with E-state index in [1.807, 2.05) is 0 Å². The minimum absolute atomic E-state index is 0.230. The van der Waals surface area contributed by atoms with Crippen molar-refractivity contribution >= 4 is 23.4 Å². The molecule has 0 atom stereocenters. The van der Waals surface area contributed by atoms with Crippen LogP contribution in [0.3, 0.4) is 0 Å². The van der Waals surface area contributed by atoms with Gasteiger partial charge in [0, 0.05) is 17.4 Å². The van der Waals surface area contributed by atoms with Crippen molar-refractivity contribution in [1.82, 2.24) is 0 Å². The fraction of sp³-hybridized carbons (Fsp3) is 0.650. The van der Waals surface area contributed by atoms with Gasteiger partial charge in [0.05, 0.1) is 5.69 Å². The summed E-state index contributed by atoms with van der Waals surface area (Å²) in [6.07, 6.45) is 10.2. The molecule has 0 bridgehead atoms. The first-order valence-electron chi connectivity index (χ1n) is 9.15. The molecule has 1 saturated carbocycles. The summed E-state index contributed by atoms with van der Waals surface area (Å²) < 4.78 is 0. The van der Waals surface area contributed by atoms with Crippen molar-refractivity contribution in [3.63, 3.8) is 0 Å². The Kier molecular flexibility index (Phi) is 7.48. The van der Waals surface area contributed by atoms with Gasteiger partial charge in [-0.15, -0.1) is 11.8 Å². The molecular weight excluding hydrogens is 302 g/mol. The van der Waals surface area contributed by atoms with Crippen molar-refractivity contribution in [3.05, 3.63) is 24.3 Å². The molecule has 1 aromatic carbocycles. The largest absolute Gasteiger partial charge is 0.311 e. The molecule has 3 heteroatoms. The van der Waals surface area contributed by atoms with E-state index in [-0.39, 0.29) is 5.92 Å². The number of hydrogen-bond donors (Lipinski definition) is 0. The van der Waals surface area contributed by atoms with Gasteiger partial charge in [-0.1, -0.05) is 58.1 Å². The van der Waals surface area contributed by atoms with Crippen LogP contribution in [-0.2, 0) is 4.79 Å². The fourth-order valence-corrected chi connectivity index (χ4v) is 4.14. The van der Waals surface area contributed by atoms with E-state index < -0.39 is 0 Å². The molecule has 2 rings (SSSR count). The predicted octanol–water partition coefficient (Wildman–Crippen LogP) is 5.76. The monoisotopic (exact) mass is 333 g/mol. The lowest BCUT2D eigenvalue weighted by atomic mass is 9.87. The first-order chi connectivity index (χ1) is 11.2. The van der Waals surface area contributed by atoms with Crippen LogP contribution in [0.15, 0.2) is 29.2 Å². The van der Waals surface area contributed by atoms with E-state index in [0.717, 1.165) is 37.9 Å². The third kappa shape index (κ3) is 4.76. The zero-order valence-electron chi connectivity index (χ0n) is 14.9. The van der Waals surface area contributed by atoms with Crippen LogP contribution in [0.1, 0.15) is 58.8 Å². The van der Waals surface area contributed by atoms with Gasteiger partial charge in [0.25, 0.3) is 0 Å². The van der Waals surface area contributed by atoms with E-state index in [1.54, 1.807) is 11.8 Å². The van der Waals surface area contributed by atoms with Crippen LogP contribution in [0.25, 0.3) is 0 Å². The van der Waals surface area contributed by atoms with E-state index in [1.165, 1.54) is 24.2 Å². The minimum Gasteiger partial charge on any atom is -0.311 e. The van der Waals surface area contributed by atoms with Crippen molar-refractivity contribution in [1.29, 1.82) is 0 Å². The molecular formula is C20H31NOS. The Balaban J connectivity index is 2.28. The van der Waals surface area contributed by atoms with E-state index in [0.29, 0.717) is 11.8 Å². The maximum Gasteiger partial charge on any atom is 0.230 e. The number of carbonyl (C=O) groups is 1. The summed E-state index contributed by atoms with van der Waals surface area (Å²) in [7, 11) is 0. The summed E-state index contributed by atoms with van der Waals surface area (Å²) in [6.45, 7) is 5.33. The number of carbonyl (C=O) groups excluding carboxylic acids is 1. The van der Waals surface area contributed by atoms with Crippen LogP contribution < -0.4 is 4.90 Å². The van der Waals surface area contributed by atoms with E-state index in [2.05, 4.69) is 49.3 Å². The number of para-hydroxylation sites is 1. The minimum atomic E-state index is 0.230. The van der Waals surface area contributed by atoms with Crippen LogP contribution in [0.5, 0.6) is 0 Å². The lowest BCUT2D eigenvalue weighted by molar-refractivity contribution is -0.123. The second-order valence-corrected chi connectivity index (χ2v) is 7.49. The van der Waals surface area contributed by atoms with Gasteiger partial charge in [0.15, 0.2) is 0 Å². The molecule has 0 N–H and O–H groups in total. The first kappa shape index (κ1) is 18.4. The Bertz CT molecular complexity index is 492. The number of benzene rings is 1. The van der Waals surface area contributed by atoms with Gasteiger partial charge in [-0.2, -0.15) is 0 Å². The number of nitrogens with zero attached hydrogens (tertiary/aromatic N) is 1. The maximum absolute atomic E-state index is 13.3. The lowest BCUT2D eigenvalue weighted by Crippen LogP contribution is -2.40. The highest BCUT2D eigenvalue weighted by atomic mass is 32.2. The highest BCUT2D eigenvalue weighted by Crippen LogP contribution is 2.33. The summed E-state index contributed by atoms with van der Waals surface area (Å²) >= 11 is 1.74. The van der Waals surface area contributed by atoms with Crippen molar-refractivity contribution in [3.8, 4) is 0 Å². The Morgan fingerprint density at radius 1 is 1.17 bits per heavy atom. The number of hydrogen-bond acceptors (Lipinski definition) is 2. The van der Waals surface area contributed by atoms with Gasteiger partial charge < -0.3 is 4.90 Å². The molecule has 0 heterocycles. The van der Waals surface area contributed by atoms with Crippen molar-refractivity contribution < 1.29 is 4.79 Å². The molecule has 1 fully saturated rings. The predicted molar refractivity (Wildman–Crippen MR) is 101 cm³/mol. The summed E-state index contributed by atoms with van der Waals surface area (Å²) in [6, 6.07) is 8.38. The first-order valence-corrected chi connectivity index (χ1v) is 10.4. The lowest BCUT2D eigenvalue weighted by Gasteiger charge is -2.32. The van der Waals surface area contributed by atoms with E-state index >= 15 is 0 Å². The highest BCUT2D eigenvalue weighted by Gasteiger charge is 2.29. The molecule has 0 radical (unpaired) electrons. The maximum atomic E-state index is 13.3. The molecule has 0 spiro atoms. The van der Waals surface area contributed by atoms with E-state index in [4.69, 9.17) is 0 Å². The topological polar surface area (TPSA) is 20.3 Å². The third-order valence-electron chi connectivity index (χ3n) is 5.19. The summed E-state index contributed by atoms with van der Waals surface area (Å²) in [5.74, 6) is 1.17. The average Bonchev–Trinajstić information content (AvgIpc) is 2.63. The fourth-order valence-electron chi connectivity index (χ4n) is 3.53. The molecule has 1 aliphatic carbocycles. The molecule has 0 unspecified atom stereocenters. The summed E-state index contributed by atoms with van der Waals surface area (Å²) in [5, 5.41) is 0. The second-order valence-electron chi connectivity index (χ2n) is 6.64. The zero-order valence-corrected chi connectivity index (χ0v) is 15.7. The third-order valence-corrected chi connectivity index (χ3v) is 5.98. The SMILES string of the molecule is CCC(CC)CN(C(=O)C1CCCCC1)c1ccccc1SC.